The SMILES string of the molecule is N#Cc1cccc2c(Cc3ccccc3)c(C(=O)O)[nH]c12. The second kappa shape index (κ2) is 5.14. The van der Waals surface area contributed by atoms with Crippen LogP contribution in [-0.4, -0.2) is 16.1 Å². The number of carboxylic acid groups (broad SMARTS) is 1. The van der Waals surface area contributed by atoms with Crippen LogP contribution >= 0.6 is 0 Å². The largest absolute Gasteiger partial charge is 0.477 e. The molecule has 4 heteroatoms. The number of fused-ring (bicyclic) bond motifs is 1. The number of para-hydroxylation sites is 1. The third-order valence-electron chi connectivity index (χ3n) is 3.50. The Morgan fingerprint density at radius 2 is 1.90 bits per heavy atom. The number of benzene rings is 2. The minimum Gasteiger partial charge on any atom is -0.477 e. The fourth-order valence-electron chi connectivity index (χ4n) is 2.53. The van der Waals surface area contributed by atoms with Gasteiger partial charge < -0.3 is 10.1 Å². The van der Waals surface area contributed by atoms with E-state index >= 15 is 0 Å². The first-order chi connectivity index (χ1) is 10.2. The highest BCUT2D eigenvalue weighted by Gasteiger charge is 2.18. The van der Waals surface area contributed by atoms with Gasteiger partial charge in [0.1, 0.15) is 11.8 Å². The molecule has 0 atom stereocenters. The van der Waals surface area contributed by atoms with Gasteiger partial charge in [0, 0.05) is 11.8 Å². The second-order valence-electron chi connectivity index (χ2n) is 4.79. The summed E-state index contributed by atoms with van der Waals surface area (Å²) < 4.78 is 0. The summed E-state index contributed by atoms with van der Waals surface area (Å²) in [7, 11) is 0. The maximum atomic E-state index is 11.5. The van der Waals surface area contributed by atoms with Crippen LogP contribution in [0.25, 0.3) is 10.9 Å². The number of nitrogens with one attached hydrogen (secondary N) is 1. The number of hydrogen-bond acceptors (Lipinski definition) is 2. The number of aromatic amines is 1. The molecule has 2 N–H and O–H groups in total. The summed E-state index contributed by atoms with van der Waals surface area (Å²) in [5.41, 5.74) is 2.93. The fourth-order valence-corrected chi connectivity index (χ4v) is 2.53. The van der Waals surface area contributed by atoms with Crippen LogP contribution in [0.3, 0.4) is 0 Å². The number of hydrogen-bond donors (Lipinski definition) is 2. The molecular formula is C17H12N2O2. The van der Waals surface area contributed by atoms with E-state index < -0.39 is 5.97 Å². The highest BCUT2D eigenvalue weighted by Crippen LogP contribution is 2.27. The molecule has 4 nitrogen and oxygen atoms in total. The number of rotatable bonds is 3. The molecule has 0 aliphatic rings. The number of H-pyrrole nitrogens is 1. The number of aromatic nitrogens is 1. The Morgan fingerprint density at radius 1 is 1.14 bits per heavy atom. The van der Waals surface area contributed by atoms with E-state index in [4.69, 9.17) is 5.26 Å². The zero-order valence-electron chi connectivity index (χ0n) is 11.1. The Labute approximate surface area is 121 Å². The van der Waals surface area contributed by atoms with Crippen molar-refractivity contribution in [2.75, 3.05) is 0 Å². The van der Waals surface area contributed by atoms with Crippen molar-refractivity contribution in [3.8, 4) is 6.07 Å². The number of carboxylic acids is 1. The Kier molecular flexibility index (Phi) is 3.17. The first-order valence-electron chi connectivity index (χ1n) is 6.51. The molecule has 1 aromatic heterocycles. The first kappa shape index (κ1) is 12.9. The lowest BCUT2D eigenvalue weighted by atomic mass is 10.0. The summed E-state index contributed by atoms with van der Waals surface area (Å²) >= 11 is 0. The van der Waals surface area contributed by atoms with Crippen molar-refractivity contribution in [2.24, 2.45) is 0 Å². The van der Waals surface area contributed by atoms with Gasteiger partial charge in [0.15, 0.2) is 0 Å². The first-order valence-corrected chi connectivity index (χ1v) is 6.51. The second-order valence-corrected chi connectivity index (χ2v) is 4.79. The molecule has 3 rings (SSSR count). The molecule has 0 aliphatic carbocycles. The lowest BCUT2D eigenvalue weighted by molar-refractivity contribution is 0.0690. The number of aromatic carboxylic acids is 1. The van der Waals surface area contributed by atoms with Gasteiger partial charge in [-0.15, -0.1) is 0 Å². The summed E-state index contributed by atoms with van der Waals surface area (Å²) in [5, 5.41) is 19.3. The molecule has 0 saturated heterocycles. The standard InChI is InChI=1S/C17H12N2O2/c18-10-12-7-4-8-13-14(9-11-5-2-1-3-6-11)16(17(20)21)19-15(12)13/h1-8,19H,9H2,(H,20,21). The van der Waals surface area contributed by atoms with E-state index in [1.54, 1.807) is 12.1 Å². The van der Waals surface area contributed by atoms with Crippen molar-refractivity contribution in [2.45, 2.75) is 6.42 Å². The predicted octanol–water partition coefficient (Wildman–Crippen LogP) is 3.33. The van der Waals surface area contributed by atoms with Crippen molar-refractivity contribution in [1.29, 1.82) is 5.26 Å². The van der Waals surface area contributed by atoms with Gasteiger partial charge in [0.25, 0.3) is 0 Å². The minimum absolute atomic E-state index is 0.150. The van der Waals surface area contributed by atoms with Gasteiger partial charge in [-0.3, -0.25) is 0 Å². The maximum Gasteiger partial charge on any atom is 0.352 e. The van der Waals surface area contributed by atoms with Crippen molar-refractivity contribution in [1.82, 2.24) is 4.98 Å². The lowest BCUT2D eigenvalue weighted by Crippen LogP contribution is -2.01. The molecule has 0 unspecified atom stereocenters. The third-order valence-corrected chi connectivity index (χ3v) is 3.50. The van der Waals surface area contributed by atoms with Crippen LogP contribution in [-0.2, 0) is 6.42 Å². The quantitative estimate of drug-likeness (QED) is 0.770. The molecule has 3 aromatic rings. The van der Waals surface area contributed by atoms with E-state index in [-0.39, 0.29) is 5.69 Å². The van der Waals surface area contributed by atoms with Gasteiger partial charge in [0.2, 0.25) is 0 Å². The van der Waals surface area contributed by atoms with Gasteiger partial charge in [-0.2, -0.15) is 5.26 Å². The van der Waals surface area contributed by atoms with Gasteiger partial charge in [0.05, 0.1) is 11.1 Å². The molecule has 21 heavy (non-hydrogen) atoms. The highest BCUT2D eigenvalue weighted by atomic mass is 16.4. The Morgan fingerprint density at radius 3 is 2.57 bits per heavy atom. The Balaban J connectivity index is 2.22. The zero-order valence-corrected chi connectivity index (χ0v) is 11.1. The summed E-state index contributed by atoms with van der Waals surface area (Å²) in [4.78, 5) is 14.3. The molecule has 0 fully saturated rings. The summed E-state index contributed by atoms with van der Waals surface area (Å²) in [5.74, 6) is -1.01. The van der Waals surface area contributed by atoms with Crippen LogP contribution in [0, 0.1) is 11.3 Å². The maximum absolute atomic E-state index is 11.5. The number of nitrogens with zero attached hydrogens (tertiary/aromatic N) is 1. The van der Waals surface area contributed by atoms with Gasteiger partial charge in [-0.25, -0.2) is 4.79 Å². The molecule has 0 spiro atoms. The molecule has 2 aromatic carbocycles. The smallest absolute Gasteiger partial charge is 0.352 e. The van der Waals surface area contributed by atoms with E-state index in [9.17, 15) is 9.90 Å². The Hall–Kier alpha value is -3.06. The van der Waals surface area contributed by atoms with Crippen LogP contribution < -0.4 is 0 Å². The monoisotopic (exact) mass is 276 g/mol. The van der Waals surface area contributed by atoms with Crippen LogP contribution in [0.4, 0.5) is 0 Å². The highest BCUT2D eigenvalue weighted by molar-refractivity contribution is 5.99. The van der Waals surface area contributed by atoms with Crippen molar-refractivity contribution >= 4 is 16.9 Å². The summed E-state index contributed by atoms with van der Waals surface area (Å²) in [6.07, 6.45) is 0.511. The predicted molar refractivity (Wildman–Crippen MR) is 79.2 cm³/mol. The van der Waals surface area contributed by atoms with E-state index in [1.807, 2.05) is 36.4 Å². The Bertz CT molecular complexity index is 858. The van der Waals surface area contributed by atoms with Gasteiger partial charge in [-0.1, -0.05) is 42.5 Å². The molecule has 0 bridgehead atoms. The number of nitriles is 1. The molecule has 1 heterocycles. The minimum atomic E-state index is -1.01. The zero-order chi connectivity index (χ0) is 14.8. The lowest BCUT2D eigenvalue weighted by Gasteiger charge is -2.02. The molecule has 0 saturated carbocycles. The van der Waals surface area contributed by atoms with Gasteiger partial charge >= 0.3 is 5.97 Å². The summed E-state index contributed by atoms with van der Waals surface area (Å²) in [6.45, 7) is 0. The molecule has 102 valence electrons. The van der Waals surface area contributed by atoms with Crippen molar-refractivity contribution in [3.05, 3.63) is 70.9 Å². The van der Waals surface area contributed by atoms with Crippen LogP contribution in [0.15, 0.2) is 48.5 Å². The van der Waals surface area contributed by atoms with E-state index in [0.717, 1.165) is 10.9 Å². The van der Waals surface area contributed by atoms with Crippen LogP contribution in [0.2, 0.25) is 0 Å². The normalized spacial score (nSPS) is 10.4. The van der Waals surface area contributed by atoms with Crippen molar-refractivity contribution in [3.63, 3.8) is 0 Å². The topological polar surface area (TPSA) is 76.9 Å². The van der Waals surface area contributed by atoms with Crippen molar-refractivity contribution < 1.29 is 9.90 Å². The van der Waals surface area contributed by atoms with E-state index in [2.05, 4.69) is 11.1 Å². The average Bonchev–Trinajstić information content (AvgIpc) is 2.87. The van der Waals surface area contributed by atoms with E-state index in [0.29, 0.717) is 23.1 Å². The van der Waals surface area contributed by atoms with Gasteiger partial charge in [-0.05, 0) is 17.2 Å². The summed E-state index contributed by atoms with van der Waals surface area (Å²) in [6, 6.07) is 17.1. The molecule has 0 aliphatic heterocycles. The molecule has 0 amide bonds. The number of carbonyl (C=O) groups is 1. The van der Waals surface area contributed by atoms with Crippen LogP contribution in [0.5, 0.6) is 0 Å². The average molecular weight is 276 g/mol. The third kappa shape index (κ3) is 2.26. The van der Waals surface area contributed by atoms with Crippen LogP contribution in [0.1, 0.15) is 27.2 Å². The van der Waals surface area contributed by atoms with E-state index in [1.165, 1.54) is 0 Å². The fraction of sp³-hybridized carbons (Fsp3) is 0.0588. The molecular weight excluding hydrogens is 264 g/mol. The molecule has 0 radical (unpaired) electrons.